The number of rotatable bonds is 2. The van der Waals surface area contributed by atoms with Crippen LogP contribution in [-0.2, 0) is 19.0 Å². The summed E-state index contributed by atoms with van der Waals surface area (Å²) in [6, 6.07) is 3.68. The van der Waals surface area contributed by atoms with Crippen LogP contribution in [0.1, 0.15) is 72.4 Å². The smallest absolute Gasteiger partial charge is 0.300 e. The highest BCUT2D eigenvalue weighted by Gasteiger charge is 2.84. The Hall–Kier alpha value is -2.33. The third-order valence-electron chi connectivity index (χ3n) is 7.24. The van der Waals surface area contributed by atoms with Crippen molar-refractivity contribution >= 4 is 17.5 Å². The highest BCUT2D eigenvalue weighted by atomic mass is 16.7. The summed E-state index contributed by atoms with van der Waals surface area (Å²) < 4.78 is 17.6. The molecule has 180 valence electrons. The fourth-order valence-corrected chi connectivity index (χ4v) is 5.57. The number of hydrogen-bond donors (Lipinski definition) is 2. The molecule has 6 unspecified atom stereocenters. The van der Waals surface area contributed by atoms with Gasteiger partial charge in [0.15, 0.2) is 17.0 Å². The van der Waals surface area contributed by atoms with E-state index in [1.807, 2.05) is 21.0 Å². The number of hydrogen-bond acceptors (Lipinski definition) is 8. The number of epoxide rings is 1. The highest BCUT2D eigenvalue weighted by molar-refractivity contribution is 6.26. The maximum atomic E-state index is 13.5. The summed E-state index contributed by atoms with van der Waals surface area (Å²) in [5.74, 6) is -1.58. The van der Waals surface area contributed by atoms with Gasteiger partial charge < -0.3 is 29.3 Å². The Balaban J connectivity index is 0.000000601. The Labute approximate surface area is 192 Å². The van der Waals surface area contributed by atoms with Gasteiger partial charge in [-0.1, -0.05) is 6.07 Å². The van der Waals surface area contributed by atoms with Crippen LogP contribution in [0.2, 0.25) is 0 Å². The summed E-state index contributed by atoms with van der Waals surface area (Å²) in [6.07, 6.45) is 1.12. The average molecular weight is 462 g/mol. The number of carbonyl (C=O) groups excluding carboxylic acids is 2. The van der Waals surface area contributed by atoms with E-state index in [9.17, 15) is 14.7 Å². The minimum absolute atomic E-state index is 0.0266. The van der Waals surface area contributed by atoms with Crippen molar-refractivity contribution in [1.82, 2.24) is 4.90 Å². The van der Waals surface area contributed by atoms with Gasteiger partial charge in [0.25, 0.3) is 5.97 Å². The Bertz CT molecular complexity index is 1000. The molecule has 3 heterocycles. The average Bonchev–Trinajstić information content (AvgIpc) is 3.45. The van der Waals surface area contributed by atoms with Crippen molar-refractivity contribution in [2.24, 2.45) is 0 Å². The van der Waals surface area contributed by atoms with Crippen molar-refractivity contribution in [2.75, 3.05) is 20.7 Å². The van der Waals surface area contributed by atoms with Crippen LogP contribution >= 0.6 is 0 Å². The number of carboxylic acid groups (broad SMARTS) is 1. The van der Waals surface area contributed by atoms with Crippen molar-refractivity contribution < 1.29 is 38.8 Å². The second-order valence-corrected chi connectivity index (χ2v) is 9.56. The summed E-state index contributed by atoms with van der Waals surface area (Å²) in [5.41, 5.74) is -1.59. The second kappa shape index (κ2) is 8.16. The van der Waals surface area contributed by atoms with E-state index < -0.39 is 23.3 Å². The molecule has 4 aliphatic rings. The van der Waals surface area contributed by atoms with Crippen molar-refractivity contribution in [3.8, 4) is 5.75 Å². The van der Waals surface area contributed by atoms with Crippen molar-refractivity contribution in [3.63, 3.8) is 0 Å². The number of Topliss-reactive ketones (excluding diaryl/α,β-unsaturated/α-hetero) is 2. The Kier molecular flexibility index (Phi) is 5.89. The molecule has 0 radical (unpaired) electrons. The first-order valence-electron chi connectivity index (χ1n) is 11.2. The molecule has 6 atom stereocenters. The van der Waals surface area contributed by atoms with Gasteiger partial charge in [0.1, 0.15) is 5.75 Å². The number of ether oxygens (including phenoxy) is 3. The first-order valence-corrected chi connectivity index (χ1v) is 11.2. The predicted molar refractivity (Wildman–Crippen MR) is 117 cm³/mol. The number of nitrogens with zero attached hydrogens (tertiary/aromatic N) is 1. The van der Waals surface area contributed by atoms with Crippen LogP contribution in [0.15, 0.2) is 12.1 Å². The number of carbonyl (C=O) groups is 3. The number of phenols is 1. The Morgan fingerprint density at radius 1 is 1.15 bits per heavy atom. The number of fused-ring (bicyclic) bond motifs is 1. The van der Waals surface area contributed by atoms with Crippen LogP contribution in [-0.4, -0.2) is 82.8 Å². The third-order valence-corrected chi connectivity index (χ3v) is 7.24. The Morgan fingerprint density at radius 3 is 2.45 bits per heavy atom. The predicted octanol–water partition coefficient (Wildman–Crippen LogP) is 2.35. The van der Waals surface area contributed by atoms with Gasteiger partial charge in [-0.3, -0.25) is 14.4 Å². The molecule has 0 amide bonds. The van der Waals surface area contributed by atoms with Gasteiger partial charge in [-0.2, -0.15) is 0 Å². The highest BCUT2D eigenvalue weighted by Crippen LogP contribution is 2.63. The van der Waals surface area contributed by atoms with E-state index in [-0.39, 0.29) is 40.7 Å². The lowest BCUT2D eigenvalue weighted by Crippen LogP contribution is -2.55. The molecule has 9 heteroatoms. The SMILES string of the molecule is CC(=O)O.CC1CC(N(C)C)CC(c2ccc3c(c2O)C(=O)C24OC2(CCOC4C)C3=O)O1. The normalized spacial score (nSPS) is 36.8. The maximum Gasteiger partial charge on any atom is 0.300 e. The van der Waals surface area contributed by atoms with E-state index in [0.29, 0.717) is 31.1 Å². The first-order chi connectivity index (χ1) is 15.5. The molecular formula is C24H31NO8. The molecule has 0 bridgehead atoms. The minimum atomic E-state index is -1.31. The summed E-state index contributed by atoms with van der Waals surface area (Å²) in [7, 11) is 4.06. The van der Waals surface area contributed by atoms with Crippen LogP contribution in [0.4, 0.5) is 0 Å². The molecule has 0 aromatic heterocycles. The first kappa shape index (κ1) is 23.8. The Morgan fingerprint density at radius 2 is 1.82 bits per heavy atom. The van der Waals surface area contributed by atoms with E-state index in [2.05, 4.69) is 4.90 Å². The molecule has 0 saturated carbocycles. The second-order valence-electron chi connectivity index (χ2n) is 9.56. The summed E-state index contributed by atoms with van der Waals surface area (Å²) >= 11 is 0. The number of phenolic OH excluding ortho intramolecular Hbond substituents is 1. The number of carboxylic acids is 1. The molecule has 2 N–H and O–H groups in total. The lowest BCUT2D eigenvalue weighted by molar-refractivity contribution is -0.134. The number of benzene rings is 1. The molecule has 0 spiro atoms. The topological polar surface area (TPSA) is 126 Å². The number of aliphatic carboxylic acids is 1. The molecule has 1 aromatic rings. The maximum absolute atomic E-state index is 13.5. The molecule has 3 saturated heterocycles. The van der Waals surface area contributed by atoms with Crippen LogP contribution in [0.5, 0.6) is 5.75 Å². The minimum Gasteiger partial charge on any atom is -0.507 e. The van der Waals surface area contributed by atoms with Gasteiger partial charge >= 0.3 is 0 Å². The van der Waals surface area contributed by atoms with Gasteiger partial charge in [-0.25, -0.2) is 0 Å². The fourth-order valence-electron chi connectivity index (χ4n) is 5.57. The molecule has 1 aliphatic carbocycles. The van der Waals surface area contributed by atoms with E-state index >= 15 is 0 Å². The molecular weight excluding hydrogens is 430 g/mol. The molecule has 9 nitrogen and oxygen atoms in total. The lowest BCUT2D eigenvalue weighted by Gasteiger charge is -2.38. The monoisotopic (exact) mass is 461 g/mol. The lowest BCUT2D eigenvalue weighted by atomic mass is 9.69. The zero-order valence-electron chi connectivity index (χ0n) is 19.6. The molecule has 1 aromatic carbocycles. The summed E-state index contributed by atoms with van der Waals surface area (Å²) in [5, 5.41) is 18.5. The van der Waals surface area contributed by atoms with Crippen molar-refractivity contribution in [2.45, 2.75) is 75.6 Å². The molecule has 33 heavy (non-hydrogen) atoms. The fraction of sp³-hybridized carbons (Fsp3) is 0.625. The molecule has 3 fully saturated rings. The van der Waals surface area contributed by atoms with E-state index in [1.165, 1.54) is 0 Å². The zero-order valence-corrected chi connectivity index (χ0v) is 19.6. The van der Waals surface area contributed by atoms with Crippen molar-refractivity contribution in [3.05, 3.63) is 28.8 Å². The number of aromatic hydroxyl groups is 1. The van der Waals surface area contributed by atoms with Gasteiger partial charge in [0.05, 0.1) is 30.5 Å². The van der Waals surface area contributed by atoms with Crippen LogP contribution in [0.3, 0.4) is 0 Å². The van der Waals surface area contributed by atoms with Gasteiger partial charge in [0.2, 0.25) is 5.78 Å². The molecule has 5 rings (SSSR count). The van der Waals surface area contributed by atoms with Crippen LogP contribution < -0.4 is 0 Å². The van der Waals surface area contributed by atoms with Crippen LogP contribution in [0, 0.1) is 0 Å². The quantitative estimate of drug-likeness (QED) is 0.638. The van der Waals surface area contributed by atoms with Gasteiger partial charge in [-0.15, -0.1) is 0 Å². The van der Waals surface area contributed by atoms with Gasteiger partial charge in [0, 0.05) is 30.5 Å². The van der Waals surface area contributed by atoms with E-state index in [0.717, 1.165) is 13.3 Å². The van der Waals surface area contributed by atoms with Crippen molar-refractivity contribution in [1.29, 1.82) is 0 Å². The standard InChI is InChI=1S/C22H27NO6.C2H4O2/c1-11-9-13(23(3)4)10-16(28-11)14-5-6-15-17(18(14)24)20(26)22-12(2)27-8-7-21(22,29-22)19(15)25;1-2(3)4/h5-6,11-13,16,24H,7-10H2,1-4H3;1H3,(H,3,4). The zero-order chi connectivity index (χ0) is 24.3. The number of ketones is 2. The summed E-state index contributed by atoms with van der Waals surface area (Å²) in [6.45, 7) is 5.23. The van der Waals surface area contributed by atoms with Gasteiger partial charge in [-0.05, 0) is 46.9 Å². The third kappa shape index (κ3) is 3.49. The van der Waals surface area contributed by atoms with E-state index in [1.54, 1.807) is 19.1 Å². The van der Waals surface area contributed by atoms with Crippen LogP contribution in [0.25, 0.3) is 0 Å². The molecule has 3 aliphatic heterocycles. The van der Waals surface area contributed by atoms with E-state index in [4.69, 9.17) is 24.1 Å². The largest absolute Gasteiger partial charge is 0.507 e. The summed E-state index contributed by atoms with van der Waals surface area (Å²) in [4.78, 5) is 37.9.